The molecular formula is C13H16N2O. The van der Waals surface area contributed by atoms with E-state index < -0.39 is 0 Å². The second kappa shape index (κ2) is 4.39. The smallest absolute Gasteiger partial charge is 0.126 e. The summed E-state index contributed by atoms with van der Waals surface area (Å²) in [4.78, 5) is 4.24. The Morgan fingerprint density at radius 1 is 1.25 bits per heavy atom. The number of furan rings is 1. The molecule has 2 rings (SSSR count). The van der Waals surface area contributed by atoms with Crippen molar-refractivity contribution in [2.45, 2.75) is 26.8 Å². The van der Waals surface area contributed by atoms with Gasteiger partial charge in [0, 0.05) is 6.20 Å². The van der Waals surface area contributed by atoms with E-state index >= 15 is 0 Å². The summed E-state index contributed by atoms with van der Waals surface area (Å²) in [6, 6.07) is 8.07. The summed E-state index contributed by atoms with van der Waals surface area (Å²) in [5.41, 5.74) is 2.04. The van der Waals surface area contributed by atoms with Gasteiger partial charge < -0.3 is 9.73 Å². The molecule has 84 valence electrons. The summed E-state index contributed by atoms with van der Waals surface area (Å²) < 4.78 is 5.57. The van der Waals surface area contributed by atoms with Crippen LogP contribution in [0.2, 0.25) is 0 Å². The van der Waals surface area contributed by atoms with Crippen molar-refractivity contribution in [3.8, 4) is 0 Å². The predicted octanol–water partition coefficient (Wildman–Crippen LogP) is 3.46. The first-order valence-electron chi connectivity index (χ1n) is 5.41. The molecule has 3 heteroatoms. The van der Waals surface area contributed by atoms with E-state index in [9.17, 15) is 0 Å². The first kappa shape index (κ1) is 10.7. The molecule has 3 nitrogen and oxygen atoms in total. The fourth-order valence-corrected chi connectivity index (χ4v) is 1.63. The quantitative estimate of drug-likeness (QED) is 0.853. The molecule has 0 aliphatic carbocycles. The van der Waals surface area contributed by atoms with E-state index in [1.54, 1.807) is 6.20 Å². The van der Waals surface area contributed by atoms with Crippen molar-refractivity contribution in [2.75, 3.05) is 5.32 Å². The summed E-state index contributed by atoms with van der Waals surface area (Å²) in [7, 11) is 0. The minimum absolute atomic E-state index is 0.150. The summed E-state index contributed by atoms with van der Waals surface area (Å²) >= 11 is 0. The van der Waals surface area contributed by atoms with E-state index in [1.807, 2.05) is 38.1 Å². The number of hydrogen-bond donors (Lipinski definition) is 1. The maximum Gasteiger partial charge on any atom is 0.126 e. The summed E-state index contributed by atoms with van der Waals surface area (Å²) in [6.45, 7) is 6.01. The molecule has 1 unspecified atom stereocenters. The summed E-state index contributed by atoms with van der Waals surface area (Å²) in [5.74, 6) is 1.88. The van der Waals surface area contributed by atoms with Crippen LogP contribution in [0.3, 0.4) is 0 Å². The van der Waals surface area contributed by atoms with Crippen molar-refractivity contribution in [2.24, 2.45) is 0 Å². The Morgan fingerprint density at radius 2 is 2.06 bits per heavy atom. The van der Waals surface area contributed by atoms with Gasteiger partial charge in [-0.1, -0.05) is 0 Å². The number of pyridine rings is 1. The number of anilines is 1. The van der Waals surface area contributed by atoms with Gasteiger partial charge in [-0.25, -0.2) is 0 Å². The van der Waals surface area contributed by atoms with Gasteiger partial charge in [0.2, 0.25) is 0 Å². The Morgan fingerprint density at radius 3 is 2.69 bits per heavy atom. The third-order valence-electron chi connectivity index (χ3n) is 2.57. The molecule has 1 atom stereocenters. The van der Waals surface area contributed by atoms with Crippen molar-refractivity contribution in [1.29, 1.82) is 0 Å². The Kier molecular flexibility index (Phi) is 2.95. The van der Waals surface area contributed by atoms with Gasteiger partial charge in [0.05, 0.1) is 17.4 Å². The molecule has 0 radical (unpaired) electrons. The van der Waals surface area contributed by atoms with Gasteiger partial charge >= 0.3 is 0 Å². The molecule has 0 fully saturated rings. The second-order valence-electron chi connectivity index (χ2n) is 3.95. The lowest BCUT2D eigenvalue weighted by atomic mass is 10.2. The van der Waals surface area contributed by atoms with E-state index in [4.69, 9.17) is 4.42 Å². The van der Waals surface area contributed by atoms with Gasteiger partial charge in [-0.3, -0.25) is 4.98 Å². The number of aryl methyl sites for hydroxylation is 2. The van der Waals surface area contributed by atoms with Gasteiger partial charge in [0.1, 0.15) is 11.5 Å². The Bertz CT molecular complexity index is 476. The van der Waals surface area contributed by atoms with E-state index in [0.29, 0.717) is 0 Å². The van der Waals surface area contributed by atoms with Gasteiger partial charge in [0.25, 0.3) is 0 Å². The minimum atomic E-state index is 0.150. The van der Waals surface area contributed by atoms with E-state index in [-0.39, 0.29) is 6.04 Å². The lowest BCUT2D eigenvalue weighted by molar-refractivity contribution is 0.467. The lowest BCUT2D eigenvalue weighted by Gasteiger charge is -2.14. The first-order valence-corrected chi connectivity index (χ1v) is 5.41. The molecule has 0 aromatic carbocycles. The highest BCUT2D eigenvalue weighted by Gasteiger charge is 2.10. The minimum Gasteiger partial charge on any atom is -0.464 e. The molecule has 0 spiro atoms. The molecule has 1 N–H and O–H groups in total. The SMILES string of the molecule is Cc1ccc(C(C)Nc2cccnc2C)o1. The topological polar surface area (TPSA) is 38.1 Å². The molecule has 2 aromatic heterocycles. The maximum absolute atomic E-state index is 5.57. The Labute approximate surface area is 95.5 Å². The normalized spacial score (nSPS) is 12.4. The number of hydrogen-bond acceptors (Lipinski definition) is 3. The number of nitrogens with zero attached hydrogens (tertiary/aromatic N) is 1. The number of nitrogens with one attached hydrogen (secondary N) is 1. The fraction of sp³-hybridized carbons (Fsp3) is 0.308. The number of aromatic nitrogens is 1. The Hall–Kier alpha value is -1.77. The molecule has 2 heterocycles. The fourth-order valence-electron chi connectivity index (χ4n) is 1.63. The van der Waals surface area contributed by atoms with Gasteiger partial charge in [-0.05, 0) is 45.0 Å². The zero-order valence-electron chi connectivity index (χ0n) is 9.82. The van der Waals surface area contributed by atoms with E-state index in [2.05, 4.69) is 17.2 Å². The van der Waals surface area contributed by atoms with Crippen molar-refractivity contribution in [3.05, 3.63) is 47.7 Å². The largest absolute Gasteiger partial charge is 0.464 e. The molecule has 0 saturated heterocycles. The van der Waals surface area contributed by atoms with Crippen LogP contribution in [0.15, 0.2) is 34.9 Å². The zero-order valence-corrected chi connectivity index (χ0v) is 9.82. The van der Waals surface area contributed by atoms with Crippen molar-refractivity contribution in [1.82, 2.24) is 4.98 Å². The average molecular weight is 216 g/mol. The third kappa shape index (κ3) is 2.24. The summed E-state index contributed by atoms with van der Waals surface area (Å²) in [6.07, 6.45) is 1.79. The molecule has 16 heavy (non-hydrogen) atoms. The van der Waals surface area contributed by atoms with Crippen LogP contribution in [0.5, 0.6) is 0 Å². The zero-order chi connectivity index (χ0) is 11.5. The van der Waals surface area contributed by atoms with Gasteiger partial charge in [0.15, 0.2) is 0 Å². The highest BCUT2D eigenvalue weighted by atomic mass is 16.3. The van der Waals surface area contributed by atoms with E-state index in [0.717, 1.165) is 22.9 Å². The van der Waals surface area contributed by atoms with Crippen LogP contribution in [-0.2, 0) is 0 Å². The van der Waals surface area contributed by atoms with Crippen LogP contribution >= 0.6 is 0 Å². The maximum atomic E-state index is 5.57. The highest BCUT2D eigenvalue weighted by Crippen LogP contribution is 2.22. The van der Waals surface area contributed by atoms with E-state index in [1.165, 1.54) is 0 Å². The van der Waals surface area contributed by atoms with Crippen LogP contribution in [0.25, 0.3) is 0 Å². The van der Waals surface area contributed by atoms with Crippen LogP contribution in [0.1, 0.15) is 30.2 Å². The summed E-state index contributed by atoms with van der Waals surface area (Å²) in [5, 5.41) is 3.38. The van der Waals surface area contributed by atoms with Crippen LogP contribution < -0.4 is 5.32 Å². The molecular weight excluding hydrogens is 200 g/mol. The highest BCUT2D eigenvalue weighted by molar-refractivity contribution is 5.48. The standard InChI is InChI=1S/C13H16N2O/c1-9-6-7-13(16-9)11(3)15-12-5-4-8-14-10(12)2/h4-8,11,15H,1-3H3. The molecule has 0 aliphatic rings. The van der Waals surface area contributed by atoms with Crippen LogP contribution in [-0.4, -0.2) is 4.98 Å². The van der Waals surface area contributed by atoms with Crippen molar-refractivity contribution < 1.29 is 4.42 Å². The molecule has 0 amide bonds. The van der Waals surface area contributed by atoms with Crippen molar-refractivity contribution >= 4 is 5.69 Å². The second-order valence-corrected chi connectivity index (χ2v) is 3.95. The van der Waals surface area contributed by atoms with Crippen LogP contribution in [0, 0.1) is 13.8 Å². The van der Waals surface area contributed by atoms with Crippen molar-refractivity contribution in [3.63, 3.8) is 0 Å². The molecule has 2 aromatic rings. The molecule has 0 saturated carbocycles. The number of rotatable bonds is 3. The molecule has 0 bridgehead atoms. The molecule has 0 aliphatic heterocycles. The third-order valence-corrected chi connectivity index (χ3v) is 2.57. The lowest BCUT2D eigenvalue weighted by Crippen LogP contribution is -2.07. The predicted molar refractivity (Wildman–Crippen MR) is 64.5 cm³/mol. The van der Waals surface area contributed by atoms with Gasteiger partial charge in [-0.2, -0.15) is 0 Å². The Balaban J connectivity index is 2.13. The monoisotopic (exact) mass is 216 g/mol. The first-order chi connectivity index (χ1) is 7.66. The van der Waals surface area contributed by atoms with Gasteiger partial charge in [-0.15, -0.1) is 0 Å². The van der Waals surface area contributed by atoms with Crippen LogP contribution in [0.4, 0.5) is 5.69 Å². The average Bonchev–Trinajstić information content (AvgIpc) is 2.68.